The molecule has 0 aromatic heterocycles. The molecule has 5 heteroatoms. The Kier molecular flexibility index (Phi) is 7.59. The lowest BCUT2D eigenvalue weighted by atomic mass is 10.2. The molecular weight excluding hydrogens is 256 g/mol. The van der Waals surface area contributed by atoms with Crippen LogP contribution in [0.3, 0.4) is 0 Å². The lowest BCUT2D eigenvalue weighted by Crippen LogP contribution is -2.37. The van der Waals surface area contributed by atoms with Crippen LogP contribution in [0.4, 0.5) is 0 Å². The Morgan fingerprint density at radius 2 is 1.75 bits per heavy atom. The fourth-order valence-electron chi connectivity index (χ4n) is 2.27. The number of ether oxygens (including phenoxy) is 1. The standard InChI is InChI=1S/C15H28N2O3/c1-4-16(5-2)10-6-11-17(12-9-14(18)20-3)15(19)13-7-8-13/h13H,4-12H2,1-3H3. The molecule has 0 aromatic carbocycles. The molecule has 0 unspecified atom stereocenters. The molecule has 0 aromatic rings. The topological polar surface area (TPSA) is 49.9 Å². The van der Waals surface area contributed by atoms with Crippen LogP contribution in [0.15, 0.2) is 0 Å². The lowest BCUT2D eigenvalue weighted by molar-refractivity contribution is -0.142. The average molecular weight is 284 g/mol. The third kappa shape index (κ3) is 5.90. The van der Waals surface area contributed by atoms with Crippen molar-refractivity contribution in [2.75, 3.05) is 39.8 Å². The Morgan fingerprint density at radius 1 is 1.10 bits per heavy atom. The van der Waals surface area contributed by atoms with Gasteiger partial charge < -0.3 is 14.5 Å². The van der Waals surface area contributed by atoms with Crippen molar-refractivity contribution >= 4 is 11.9 Å². The Balaban J connectivity index is 2.37. The minimum absolute atomic E-state index is 0.209. The normalized spacial score (nSPS) is 14.4. The highest BCUT2D eigenvalue weighted by atomic mass is 16.5. The van der Waals surface area contributed by atoms with Crippen LogP contribution in [0.25, 0.3) is 0 Å². The van der Waals surface area contributed by atoms with Crippen molar-refractivity contribution < 1.29 is 14.3 Å². The molecule has 5 nitrogen and oxygen atoms in total. The Labute approximate surface area is 122 Å². The quantitative estimate of drug-likeness (QED) is 0.571. The van der Waals surface area contributed by atoms with Gasteiger partial charge in [0.2, 0.25) is 5.91 Å². The van der Waals surface area contributed by atoms with Gasteiger partial charge in [-0.2, -0.15) is 0 Å². The third-order valence-electron chi connectivity index (χ3n) is 3.85. The summed E-state index contributed by atoms with van der Waals surface area (Å²) in [7, 11) is 1.38. The number of carbonyl (C=O) groups excluding carboxylic acids is 2. The van der Waals surface area contributed by atoms with Gasteiger partial charge in [-0.1, -0.05) is 13.8 Å². The molecular formula is C15H28N2O3. The van der Waals surface area contributed by atoms with Crippen molar-refractivity contribution in [2.24, 2.45) is 5.92 Å². The van der Waals surface area contributed by atoms with E-state index >= 15 is 0 Å². The van der Waals surface area contributed by atoms with Crippen LogP contribution in [-0.2, 0) is 14.3 Å². The molecule has 0 saturated heterocycles. The summed E-state index contributed by atoms with van der Waals surface area (Å²) in [6, 6.07) is 0. The van der Waals surface area contributed by atoms with Gasteiger partial charge in [0.1, 0.15) is 0 Å². The largest absolute Gasteiger partial charge is 0.469 e. The first-order valence-corrected chi connectivity index (χ1v) is 7.70. The summed E-state index contributed by atoms with van der Waals surface area (Å²) in [5.74, 6) is 0.178. The maximum Gasteiger partial charge on any atom is 0.307 e. The molecule has 0 atom stereocenters. The van der Waals surface area contributed by atoms with E-state index in [1.165, 1.54) is 7.11 Å². The summed E-state index contributed by atoms with van der Waals surface area (Å²) in [6.07, 6.45) is 3.26. The van der Waals surface area contributed by atoms with E-state index in [1.54, 1.807) is 0 Å². The molecule has 20 heavy (non-hydrogen) atoms. The first kappa shape index (κ1) is 17.0. The van der Waals surface area contributed by atoms with Crippen molar-refractivity contribution in [1.29, 1.82) is 0 Å². The monoisotopic (exact) mass is 284 g/mol. The van der Waals surface area contributed by atoms with Gasteiger partial charge in [0.15, 0.2) is 0 Å². The summed E-state index contributed by atoms with van der Waals surface area (Å²) in [4.78, 5) is 27.6. The minimum atomic E-state index is -0.248. The SMILES string of the molecule is CCN(CC)CCCN(CCC(=O)OC)C(=O)C1CC1. The van der Waals surface area contributed by atoms with Crippen LogP contribution in [0, 0.1) is 5.92 Å². The molecule has 116 valence electrons. The van der Waals surface area contributed by atoms with E-state index in [2.05, 4.69) is 23.5 Å². The van der Waals surface area contributed by atoms with Gasteiger partial charge >= 0.3 is 5.97 Å². The molecule has 1 aliphatic rings. The van der Waals surface area contributed by atoms with Crippen LogP contribution in [0.1, 0.15) is 39.5 Å². The number of rotatable bonds is 10. The van der Waals surface area contributed by atoms with Gasteiger partial charge in [-0.3, -0.25) is 9.59 Å². The molecule has 1 rings (SSSR count). The predicted octanol–water partition coefficient (Wildman–Crippen LogP) is 1.52. The predicted molar refractivity (Wildman–Crippen MR) is 78.3 cm³/mol. The number of hydrogen-bond acceptors (Lipinski definition) is 4. The molecule has 1 amide bonds. The Hall–Kier alpha value is -1.10. The van der Waals surface area contributed by atoms with E-state index in [0.29, 0.717) is 13.0 Å². The zero-order chi connectivity index (χ0) is 15.0. The maximum absolute atomic E-state index is 12.2. The molecule has 0 bridgehead atoms. The van der Waals surface area contributed by atoms with E-state index < -0.39 is 0 Å². The summed E-state index contributed by atoms with van der Waals surface area (Å²) >= 11 is 0. The smallest absolute Gasteiger partial charge is 0.307 e. The van der Waals surface area contributed by atoms with Gasteiger partial charge in [0.05, 0.1) is 13.5 Å². The van der Waals surface area contributed by atoms with Crippen molar-refractivity contribution in [2.45, 2.75) is 39.5 Å². The van der Waals surface area contributed by atoms with Crippen molar-refractivity contribution in [3.63, 3.8) is 0 Å². The van der Waals surface area contributed by atoms with Gasteiger partial charge in [0, 0.05) is 19.0 Å². The summed E-state index contributed by atoms with van der Waals surface area (Å²) in [6.45, 7) is 8.59. The summed E-state index contributed by atoms with van der Waals surface area (Å²) < 4.78 is 4.65. The fourth-order valence-corrected chi connectivity index (χ4v) is 2.27. The highest BCUT2D eigenvalue weighted by Crippen LogP contribution is 2.31. The van der Waals surface area contributed by atoms with Crippen LogP contribution in [0.2, 0.25) is 0 Å². The second-order valence-corrected chi connectivity index (χ2v) is 5.31. The number of nitrogens with zero attached hydrogens (tertiary/aromatic N) is 2. The van der Waals surface area contributed by atoms with Crippen molar-refractivity contribution in [3.8, 4) is 0 Å². The van der Waals surface area contributed by atoms with E-state index in [4.69, 9.17) is 0 Å². The Morgan fingerprint density at radius 3 is 2.25 bits per heavy atom. The van der Waals surface area contributed by atoms with E-state index in [0.717, 1.165) is 45.4 Å². The molecule has 1 saturated carbocycles. The maximum atomic E-state index is 12.2. The minimum Gasteiger partial charge on any atom is -0.469 e. The van der Waals surface area contributed by atoms with Crippen LogP contribution < -0.4 is 0 Å². The number of hydrogen-bond donors (Lipinski definition) is 0. The van der Waals surface area contributed by atoms with Crippen molar-refractivity contribution in [1.82, 2.24) is 9.80 Å². The fraction of sp³-hybridized carbons (Fsp3) is 0.867. The summed E-state index contributed by atoms with van der Waals surface area (Å²) in [5, 5.41) is 0. The van der Waals surface area contributed by atoms with Crippen molar-refractivity contribution in [3.05, 3.63) is 0 Å². The van der Waals surface area contributed by atoms with Gasteiger partial charge in [-0.25, -0.2) is 0 Å². The van der Waals surface area contributed by atoms with E-state index in [1.807, 2.05) is 4.90 Å². The second kappa shape index (κ2) is 8.95. The average Bonchev–Trinajstić information content (AvgIpc) is 3.30. The molecule has 0 heterocycles. The summed E-state index contributed by atoms with van der Waals surface area (Å²) in [5.41, 5.74) is 0. The van der Waals surface area contributed by atoms with Gasteiger partial charge in [-0.15, -0.1) is 0 Å². The van der Waals surface area contributed by atoms with Gasteiger partial charge in [-0.05, 0) is 38.9 Å². The van der Waals surface area contributed by atoms with E-state index in [9.17, 15) is 9.59 Å². The number of methoxy groups -OCH3 is 1. The highest BCUT2D eigenvalue weighted by molar-refractivity contribution is 5.81. The lowest BCUT2D eigenvalue weighted by Gasteiger charge is -2.24. The van der Waals surface area contributed by atoms with Gasteiger partial charge in [0.25, 0.3) is 0 Å². The first-order valence-electron chi connectivity index (χ1n) is 7.70. The first-order chi connectivity index (χ1) is 9.62. The molecule has 1 fully saturated rings. The third-order valence-corrected chi connectivity index (χ3v) is 3.85. The Bertz CT molecular complexity index is 312. The van der Waals surface area contributed by atoms with Crippen LogP contribution in [0.5, 0.6) is 0 Å². The molecule has 0 aliphatic heterocycles. The van der Waals surface area contributed by atoms with Crippen LogP contribution >= 0.6 is 0 Å². The number of esters is 1. The zero-order valence-electron chi connectivity index (χ0n) is 13.1. The molecule has 0 radical (unpaired) electrons. The van der Waals surface area contributed by atoms with Crippen LogP contribution in [-0.4, -0.2) is 61.5 Å². The number of amides is 1. The molecule has 0 spiro atoms. The zero-order valence-corrected chi connectivity index (χ0v) is 13.1. The molecule has 0 N–H and O–H groups in total. The second-order valence-electron chi connectivity index (χ2n) is 5.31. The van der Waals surface area contributed by atoms with E-state index in [-0.39, 0.29) is 17.8 Å². The highest BCUT2D eigenvalue weighted by Gasteiger charge is 2.33. The number of carbonyl (C=O) groups is 2. The molecule has 1 aliphatic carbocycles.